The zero-order valence-electron chi connectivity index (χ0n) is 12.8. The molecule has 0 bridgehead atoms. The molecule has 1 heterocycles. The van der Waals surface area contributed by atoms with Crippen molar-refractivity contribution in [3.8, 4) is 0 Å². The number of carbonyl (C=O) groups excluding carboxylic acids is 1. The summed E-state index contributed by atoms with van der Waals surface area (Å²) in [6.45, 7) is 0. The number of aromatic nitrogens is 2. The zero-order chi connectivity index (χ0) is 14.7. The molecule has 1 saturated carbocycles. The van der Waals surface area contributed by atoms with Gasteiger partial charge in [-0.05, 0) is 24.5 Å². The van der Waals surface area contributed by atoms with Crippen molar-refractivity contribution in [1.82, 2.24) is 9.55 Å². The summed E-state index contributed by atoms with van der Waals surface area (Å²) in [4.78, 5) is 16.8. The van der Waals surface area contributed by atoms with E-state index in [0.29, 0.717) is 18.6 Å². The molecule has 0 unspecified atom stereocenters. The lowest BCUT2D eigenvalue weighted by atomic mass is 9.85. The monoisotopic (exact) mass is 284 g/mol. The highest BCUT2D eigenvalue weighted by Crippen LogP contribution is 2.27. The predicted octanol–water partition coefficient (Wildman–Crippen LogP) is 4.05. The fourth-order valence-corrected chi connectivity index (χ4v) is 3.46. The average Bonchev–Trinajstić information content (AvgIpc) is 2.83. The molecule has 0 saturated heterocycles. The Labute approximate surface area is 126 Å². The van der Waals surface area contributed by atoms with E-state index >= 15 is 0 Å². The van der Waals surface area contributed by atoms with Gasteiger partial charge in [0.1, 0.15) is 11.6 Å². The number of fused-ring (bicyclic) bond motifs is 1. The van der Waals surface area contributed by atoms with Crippen LogP contribution >= 0.6 is 0 Å². The van der Waals surface area contributed by atoms with Gasteiger partial charge in [-0.2, -0.15) is 0 Å². The van der Waals surface area contributed by atoms with Crippen LogP contribution in [0, 0.1) is 5.92 Å². The Kier molecular flexibility index (Phi) is 4.37. The Morgan fingerprint density at radius 1 is 1.24 bits per heavy atom. The van der Waals surface area contributed by atoms with E-state index in [2.05, 4.69) is 11.1 Å². The minimum Gasteiger partial charge on any atom is -0.331 e. The van der Waals surface area contributed by atoms with Crippen molar-refractivity contribution in [2.45, 2.75) is 51.4 Å². The van der Waals surface area contributed by atoms with Gasteiger partial charge in [-0.15, -0.1) is 0 Å². The van der Waals surface area contributed by atoms with Gasteiger partial charge in [0.15, 0.2) is 0 Å². The van der Waals surface area contributed by atoms with Crippen molar-refractivity contribution >= 4 is 16.8 Å². The molecule has 0 spiro atoms. The van der Waals surface area contributed by atoms with E-state index in [1.54, 1.807) is 0 Å². The van der Waals surface area contributed by atoms with Crippen molar-refractivity contribution in [1.29, 1.82) is 0 Å². The molecule has 0 N–H and O–H groups in total. The van der Waals surface area contributed by atoms with E-state index in [1.165, 1.54) is 32.1 Å². The summed E-state index contributed by atoms with van der Waals surface area (Å²) in [6.07, 6.45) is 8.98. The molecule has 0 aliphatic heterocycles. The number of hydrogen-bond donors (Lipinski definition) is 0. The topological polar surface area (TPSA) is 34.9 Å². The van der Waals surface area contributed by atoms with Gasteiger partial charge in [0.2, 0.25) is 0 Å². The van der Waals surface area contributed by atoms with Crippen LogP contribution in [0.25, 0.3) is 11.0 Å². The normalized spacial score (nSPS) is 16.4. The first-order valence-electron chi connectivity index (χ1n) is 8.16. The first-order chi connectivity index (χ1) is 10.2. The molecule has 1 aromatic carbocycles. The highest BCUT2D eigenvalue weighted by atomic mass is 16.1. The second-order valence-corrected chi connectivity index (χ2v) is 6.33. The predicted molar refractivity (Wildman–Crippen MR) is 85.2 cm³/mol. The van der Waals surface area contributed by atoms with Crippen molar-refractivity contribution < 1.29 is 4.79 Å². The lowest BCUT2D eigenvalue weighted by molar-refractivity contribution is -0.118. The molecule has 0 radical (unpaired) electrons. The molecule has 112 valence electrons. The number of carbonyl (C=O) groups is 1. The van der Waals surface area contributed by atoms with Crippen LogP contribution in [0.3, 0.4) is 0 Å². The Balaban J connectivity index is 1.59. The first kappa shape index (κ1) is 14.3. The molecule has 1 aliphatic carbocycles. The molecule has 3 nitrogen and oxygen atoms in total. The van der Waals surface area contributed by atoms with Gasteiger partial charge >= 0.3 is 0 Å². The summed E-state index contributed by atoms with van der Waals surface area (Å²) in [5.41, 5.74) is 2.09. The van der Waals surface area contributed by atoms with E-state index in [0.717, 1.165) is 29.2 Å². The van der Waals surface area contributed by atoms with Crippen LogP contribution in [-0.4, -0.2) is 15.3 Å². The van der Waals surface area contributed by atoms with Gasteiger partial charge in [-0.25, -0.2) is 4.98 Å². The highest BCUT2D eigenvalue weighted by molar-refractivity contribution is 5.82. The third kappa shape index (κ3) is 3.34. The molecule has 0 atom stereocenters. The third-order valence-corrected chi connectivity index (χ3v) is 4.79. The maximum absolute atomic E-state index is 12.2. The number of hydrogen-bond acceptors (Lipinski definition) is 2. The van der Waals surface area contributed by atoms with Crippen LogP contribution in [0.1, 0.15) is 50.8 Å². The molecule has 3 heteroatoms. The largest absolute Gasteiger partial charge is 0.331 e. The van der Waals surface area contributed by atoms with Gasteiger partial charge in [0, 0.05) is 13.5 Å². The molecule has 1 aromatic heterocycles. The highest BCUT2D eigenvalue weighted by Gasteiger charge is 2.16. The average molecular weight is 284 g/mol. The van der Waals surface area contributed by atoms with E-state index in [9.17, 15) is 4.79 Å². The summed E-state index contributed by atoms with van der Waals surface area (Å²) in [5, 5.41) is 0. The standard InChI is InChI=1S/C18H24N2O/c1-20-17-10-6-5-9-16(17)19-18(20)13-15(21)12-11-14-7-3-2-4-8-14/h5-6,9-10,14H,2-4,7-8,11-13H2,1H3. The molecular weight excluding hydrogens is 260 g/mol. The van der Waals surface area contributed by atoms with Crippen LogP contribution in [0.15, 0.2) is 24.3 Å². The van der Waals surface area contributed by atoms with Crippen LogP contribution in [-0.2, 0) is 18.3 Å². The second-order valence-electron chi connectivity index (χ2n) is 6.33. The van der Waals surface area contributed by atoms with Gasteiger partial charge in [-0.3, -0.25) is 4.79 Å². The summed E-state index contributed by atoms with van der Waals surface area (Å²) in [7, 11) is 2.00. The minimum atomic E-state index is 0.332. The number of nitrogens with zero attached hydrogens (tertiary/aromatic N) is 2. The molecule has 2 aromatic rings. The molecule has 1 aliphatic rings. The Morgan fingerprint density at radius 3 is 2.76 bits per heavy atom. The van der Waals surface area contributed by atoms with Crippen LogP contribution in [0.4, 0.5) is 0 Å². The zero-order valence-corrected chi connectivity index (χ0v) is 12.8. The smallest absolute Gasteiger partial charge is 0.140 e. The lowest BCUT2D eigenvalue weighted by Crippen LogP contribution is -2.12. The fraction of sp³-hybridized carbons (Fsp3) is 0.556. The Hall–Kier alpha value is -1.64. The number of ketones is 1. The fourth-order valence-electron chi connectivity index (χ4n) is 3.46. The van der Waals surface area contributed by atoms with Gasteiger partial charge in [0.05, 0.1) is 17.5 Å². The third-order valence-electron chi connectivity index (χ3n) is 4.79. The molecule has 1 fully saturated rings. The SMILES string of the molecule is Cn1c(CC(=O)CCC2CCCCC2)nc2ccccc21. The quantitative estimate of drug-likeness (QED) is 0.830. The van der Waals surface area contributed by atoms with Gasteiger partial charge in [-0.1, -0.05) is 44.2 Å². The summed E-state index contributed by atoms with van der Waals surface area (Å²) >= 11 is 0. The van der Waals surface area contributed by atoms with E-state index < -0.39 is 0 Å². The van der Waals surface area contributed by atoms with Crippen molar-refractivity contribution in [2.24, 2.45) is 13.0 Å². The number of imidazole rings is 1. The number of benzene rings is 1. The molecule has 0 amide bonds. The number of para-hydroxylation sites is 2. The van der Waals surface area contributed by atoms with E-state index in [1.807, 2.05) is 29.8 Å². The minimum absolute atomic E-state index is 0.332. The van der Waals surface area contributed by atoms with Crippen molar-refractivity contribution in [3.05, 3.63) is 30.1 Å². The van der Waals surface area contributed by atoms with Crippen molar-refractivity contribution in [3.63, 3.8) is 0 Å². The summed E-state index contributed by atoms with van der Waals surface area (Å²) in [5.74, 6) is 2.01. The summed E-state index contributed by atoms with van der Waals surface area (Å²) in [6, 6.07) is 8.06. The Morgan fingerprint density at radius 2 is 2.00 bits per heavy atom. The number of Topliss-reactive ketones (excluding diaryl/α,β-unsaturated/α-hetero) is 1. The van der Waals surface area contributed by atoms with Crippen LogP contribution in [0.2, 0.25) is 0 Å². The van der Waals surface area contributed by atoms with Gasteiger partial charge in [0.25, 0.3) is 0 Å². The maximum atomic E-state index is 12.2. The van der Waals surface area contributed by atoms with Crippen LogP contribution < -0.4 is 0 Å². The molecule has 21 heavy (non-hydrogen) atoms. The van der Waals surface area contributed by atoms with Gasteiger partial charge < -0.3 is 4.57 Å². The second kappa shape index (κ2) is 6.42. The lowest BCUT2D eigenvalue weighted by Gasteiger charge is -2.20. The van der Waals surface area contributed by atoms with E-state index in [4.69, 9.17) is 0 Å². The van der Waals surface area contributed by atoms with E-state index in [-0.39, 0.29) is 0 Å². The number of aryl methyl sites for hydroxylation is 1. The molecule has 3 rings (SSSR count). The van der Waals surface area contributed by atoms with Crippen LogP contribution in [0.5, 0.6) is 0 Å². The summed E-state index contributed by atoms with van der Waals surface area (Å²) < 4.78 is 2.05. The number of rotatable bonds is 5. The first-order valence-corrected chi connectivity index (χ1v) is 8.16. The van der Waals surface area contributed by atoms with Crippen molar-refractivity contribution in [2.75, 3.05) is 0 Å². The molecular formula is C18H24N2O. The maximum Gasteiger partial charge on any atom is 0.140 e. The Bertz CT molecular complexity index is 623.